The normalized spacial score (nSPS) is 12.7. The largest absolute Gasteiger partial charge is 0.324 e. The van der Waals surface area contributed by atoms with Crippen molar-refractivity contribution in [3.05, 3.63) is 47.0 Å². The molecular formula is C15H20FN3. The fourth-order valence-corrected chi connectivity index (χ4v) is 2.22. The fourth-order valence-electron chi connectivity index (χ4n) is 2.22. The second-order valence-electron chi connectivity index (χ2n) is 4.71. The first-order chi connectivity index (χ1) is 9.08. The second-order valence-corrected chi connectivity index (χ2v) is 4.71. The van der Waals surface area contributed by atoms with E-state index in [0.29, 0.717) is 5.69 Å². The van der Waals surface area contributed by atoms with Crippen LogP contribution in [-0.4, -0.2) is 9.78 Å². The lowest BCUT2D eigenvalue weighted by molar-refractivity contribution is 0.597. The molecule has 1 heterocycles. The van der Waals surface area contributed by atoms with Gasteiger partial charge in [-0.3, -0.25) is 0 Å². The van der Waals surface area contributed by atoms with Gasteiger partial charge in [0.1, 0.15) is 11.5 Å². The van der Waals surface area contributed by atoms with Crippen LogP contribution in [0.25, 0.3) is 5.69 Å². The number of halogens is 1. The Morgan fingerprint density at radius 2 is 2.05 bits per heavy atom. The number of hydrogen-bond acceptors (Lipinski definition) is 2. The Kier molecular flexibility index (Phi) is 4.00. The van der Waals surface area contributed by atoms with Gasteiger partial charge in [0.15, 0.2) is 0 Å². The van der Waals surface area contributed by atoms with Crippen LogP contribution in [0.3, 0.4) is 0 Å². The molecule has 0 bridgehead atoms. The number of rotatable bonds is 4. The van der Waals surface area contributed by atoms with E-state index in [1.54, 1.807) is 10.7 Å². The number of nitrogens with two attached hydrogens (primary N) is 1. The maximum Gasteiger partial charge on any atom is 0.149 e. The Labute approximate surface area is 113 Å². The summed E-state index contributed by atoms with van der Waals surface area (Å²) in [5.74, 6) is -0.282. The van der Waals surface area contributed by atoms with Crippen molar-refractivity contribution in [1.29, 1.82) is 0 Å². The molecule has 4 heteroatoms. The second kappa shape index (κ2) is 5.53. The third-order valence-electron chi connectivity index (χ3n) is 3.28. The number of aromatic nitrogens is 2. The quantitative estimate of drug-likeness (QED) is 0.918. The smallest absolute Gasteiger partial charge is 0.149 e. The third kappa shape index (κ3) is 2.54. The molecular weight excluding hydrogens is 241 g/mol. The first-order valence-corrected chi connectivity index (χ1v) is 6.70. The molecule has 1 atom stereocenters. The van der Waals surface area contributed by atoms with Gasteiger partial charge in [-0.2, -0.15) is 5.10 Å². The SMILES string of the molecule is CCc1cc(CC)n(-c2c(F)cccc2[C@H](C)N)n1. The monoisotopic (exact) mass is 261 g/mol. The molecule has 19 heavy (non-hydrogen) atoms. The topological polar surface area (TPSA) is 43.8 Å². The highest BCUT2D eigenvalue weighted by Gasteiger charge is 2.17. The number of hydrogen-bond donors (Lipinski definition) is 1. The number of para-hydroxylation sites is 1. The molecule has 0 fully saturated rings. The molecule has 0 unspecified atom stereocenters. The minimum Gasteiger partial charge on any atom is -0.324 e. The molecule has 1 aromatic heterocycles. The summed E-state index contributed by atoms with van der Waals surface area (Å²) in [6, 6.07) is 6.79. The zero-order chi connectivity index (χ0) is 14.0. The van der Waals surface area contributed by atoms with Gasteiger partial charge in [0.2, 0.25) is 0 Å². The van der Waals surface area contributed by atoms with Gasteiger partial charge in [0.05, 0.1) is 5.69 Å². The van der Waals surface area contributed by atoms with E-state index in [0.717, 1.165) is 29.8 Å². The minimum absolute atomic E-state index is 0.232. The first-order valence-electron chi connectivity index (χ1n) is 6.70. The van der Waals surface area contributed by atoms with Gasteiger partial charge >= 0.3 is 0 Å². The summed E-state index contributed by atoms with van der Waals surface area (Å²) in [5, 5.41) is 4.49. The van der Waals surface area contributed by atoms with Crippen molar-refractivity contribution in [2.24, 2.45) is 5.73 Å². The molecule has 0 aliphatic heterocycles. The Morgan fingerprint density at radius 3 is 2.63 bits per heavy atom. The predicted molar refractivity (Wildman–Crippen MR) is 74.9 cm³/mol. The van der Waals surface area contributed by atoms with Crippen LogP contribution in [0.5, 0.6) is 0 Å². The van der Waals surface area contributed by atoms with Crippen molar-refractivity contribution in [3.8, 4) is 5.69 Å². The van der Waals surface area contributed by atoms with Crippen LogP contribution in [0.1, 0.15) is 43.8 Å². The van der Waals surface area contributed by atoms with Crippen molar-refractivity contribution in [1.82, 2.24) is 9.78 Å². The molecule has 1 aromatic carbocycles. The standard InChI is InChI=1S/C15H20FN3/c1-4-11-9-12(5-2)19(18-11)15-13(10(3)17)7-6-8-14(15)16/h6-10H,4-5,17H2,1-3H3/t10-/m0/s1. The Morgan fingerprint density at radius 1 is 1.32 bits per heavy atom. The molecule has 0 radical (unpaired) electrons. The van der Waals surface area contributed by atoms with E-state index < -0.39 is 0 Å². The molecule has 0 aliphatic carbocycles. The van der Waals surface area contributed by atoms with Crippen LogP contribution >= 0.6 is 0 Å². The maximum atomic E-state index is 14.2. The van der Waals surface area contributed by atoms with Gasteiger partial charge in [-0.15, -0.1) is 0 Å². The van der Waals surface area contributed by atoms with Gasteiger partial charge in [-0.1, -0.05) is 26.0 Å². The number of nitrogens with zero attached hydrogens (tertiary/aromatic N) is 2. The van der Waals surface area contributed by atoms with E-state index >= 15 is 0 Å². The van der Waals surface area contributed by atoms with Crippen LogP contribution in [0.15, 0.2) is 24.3 Å². The summed E-state index contributed by atoms with van der Waals surface area (Å²) in [4.78, 5) is 0. The fraction of sp³-hybridized carbons (Fsp3) is 0.400. The average Bonchev–Trinajstić information content (AvgIpc) is 2.81. The zero-order valence-electron chi connectivity index (χ0n) is 11.7. The van der Waals surface area contributed by atoms with E-state index in [2.05, 4.69) is 5.10 Å². The Bertz CT molecular complexity index is 573. The molecule has 0 aliphatic rings. The molecule has 3 nitrogen and oxygen atoms in total. The van der Waals surface area contributed by atoms with Crippen LogP contribution in [0.4, 0.5) is 4.39 Å². The van der Waals surface area contributed by atoms with Gasteiger partial charge in [0.25, 0.3) is 0 Å². The van der Waals surface area contributed by atoms with Gasteiger partial charge < -0.3 is 5.73 Å². The summed E-state index contributed by atoms with van der Waals surface area (Å²) >= 11 is 0. The van der Waals surface area contributed by atoms with Crippen molar-refractivity contribution in [2.45, 2.75) is 39.7 Å². The number of benzene rings is 1. The van der Waals surface area contributed by atoms with E-state index in [1.165, 1.54) is 6.07 Å². The molecule has 0 spiro atoms. The molecule has 2 N–H and O–H groups in total. The minimum atomic E-state index is -0.282. The summed E-state index contributed by atoms with van der Waals surface area (Å²) in [7, 11) is 0. The summed E-state index contributed by atoms with van der Waals surface area (Å²) < 4.78 is 15.9. The van der Waals surface area contributed by atoms with Crippen molar-refractivity contribution >= 4 is 0 Å². The molecule has 0 amide bonds. The zero-order valence-corrected chi connectivity index (χ0v) is 11.7. The average molecular weight is 261 g/mol. The third-order valence-corrected chi connectivity index (χ3v) is 3.28. The van der Waals surface area contributed by atoms with E-state index in [-0.39, 0.29) is 11.9 Å². The highest BCUT2D eigenvalue weighted by Crippen LogP contribution is 2.25. The predicted octanol–water partition coefficient (Wildman–Crippen LogP) is 3.16. The first kappa shape index (κ1) is 13.7. The summed E-state index contributed by atoms with van der Waals surface area (Å²) in [6.07, 6.45) is 1.64. The lowest BCUT2D eigenvalue weighted by Crippen LogP contribution is -2.13. The molecule has 0 saturated carbocycles. The van der Waals surface area contributed by atoms with Crippen LogP contribution in [-0.2, 0) is 12.8 Å². The van der Waals surface area contributed by atoms with E-state index in [9.17, 15) is 4.39 Å². The summed E-state index contributed by atoms with van der Waals surface area (Å²) in [5.41, 5.74) is 9.17. The Hall–Kier alpha value is -1.68. The van der Waals surface area contributed by atoms with Crippen LogP contribution < -0.4 is 5.73 Å². The lowest BCUT2D eigenvalue weighted by atomic mass is 10.1. The maximum absolute atomic E-state index is 14.2. The number of aryl methyl sites for hydroxylation is 2. The van der Waals surface area contributed by atoms with Gasteiger partial charge in [-0.05, 0) is 37.5 Å². The van der Waals surface area contributed by atoms with Crippen LogP contribution in [0.2, 0.25) is 0 Å². The highest BCUT2D eigenvalue weighted by molar-refractivity contribution is 5.45. The molecule has 0 saturated heterocycles. The summed E-state index contributed by atoms with van der Waals surface area (Å²) in [6.45, 7) is 5.94. The lowest BCUT2D eigenvalue weighted by Gasteiger charge is -2.15. The Balaban J connectivity index is 2.67. The van der Waals surface area contributed by atoms with Gasteiger partial charge in [0, 0.05) is 11.7 Å². The van der Waals surface area contributed by atoms with Crippen LogP contribution in [0, 0.1) is 5.82 Å². The van der Waals surface area contributed by atoms with Gasteiger partial charge in [-0.25, -0.2) is 9.07 Å². The molecule has 2 aromatic rings. The van der Waals surface area contributed by atoms with Crippen molar-refractivity contribution in [3.63, 3.8) is 0 Å². The molecule has 102 valence electrons. The van der Waals surface area contributed by atoms with E-state index in [4.69, 9.17) is 5.73 Å². The van der Waals surface area contributed by atoms with Crippen molar-refractivity contribution in [2.75, 3.05) is 0 Å². The molecule has 2 rings (SSSR count). The van der Waals surface area contributed by atoms with E-state index in [1.807, 2.05) is 32.9 Å². The highest BCUT2D eigenvalue weighted by atomic mass is 19.1. The van der Waals surface area contributed by atoms with Crippen molar-refractivity contribution < 1.29 is 4.39 Å².